The fourth-order valence-corrected chi connectivity index (χ4v) is 4.88. The summed E-state index contributed by atoms with van der Waals surface area (Å²) in [7, 11) is -3.56. The van der Waals surface area contributed by atoms with Gasteiger partial charge in [0.1, 0.15) is 5.82 Å². The summed E-state index contributed by atoms with van der Waals surface area (Å²) in [6.07, 6.45) is 2.64. The summed E-state index contributed by atoms with van der Waals surface area (Å²) in [6, 6.07) is 11.5. The van der Waals surface area contributed by atoms with Gasteiger partial charge in [0.25, 0.3) is 0 Å². The quantitative estimate of drug-likeness (QED) is 0.751. The lowest BCUT2D eigenvalue weighted by atomic mass is 10.1. The highest BCUT2D eigenvalue weighted by molar-refractivity contribution is 7.89. The Labute approximate surface area is 165 Å². The first-order valence-electron chi connectivity index (χ1n) is 9.15. The number of halogens is 2. The van der Waals surface area contributed by atoms with Crippen LogP contribution in [-0.2, 0) is 23.0 Å². The maximum atomic E-state index is 14.0. The van der Waals surface area contributed by atoms with E-state index >= 15 is 0 Å². The summed E-state index contributed by atoms with van der Waals surface area (Å²) in [6.45, 7) is 3.67. The van der Waals surface area contributed by atoms with Crippen molar-refractivity contribution in [2.75, 3.05) is 13.1 Å². The first kappa shape index (κ1) is 20.3. The lowest BCUT2D eigenvalue weighted by molar-refractivity contribution is 0.319. The van der Waals surface area contributed by atoms with Crippen LogP contribution in [0, 0.1) is 5.82 Å². The Morgan fingerprint density at radius 2 is 1.96 bits per heavy atom. The van der Waals surface area contributed by atoms with Crippen molar-refractivity contribution in [2.45, 2.75) is 43.7 Å². The van der Waals surface area contributed by atoms with E-state index in [4.69, 9.17) is 11.6 Å². The number of nitrogens with zero attached hydrogens (tertiary/aromatic N) is 1. The fourth-order valence-electron chi connectivity index (χ4n) is 3.39. The molecule has 1 heterocycles. The van der Waals surface area contributed by atoms with Crippen molar-refractivity contribution >= 4 is 21.6 Å². The monoisotopic (exact) mass is 410 g/mol. The molecule has 0 bridgehead atoms. The SMILES string of the molecule is CCCc1ccc(S(=O)(=O)NC2CCN(Cc3c(F)cccc3Cl)C2)cc1. The standard InChI is InChI=1S/C20H24ClFN2O2S/c1-2-4-15-7-9-17(10-8-15)27(25,26)23-16-11-12-24(13-16)14-18-19(21)5-3-6-20(18)22/h3,5-10,16,23H,2,4,11-14H2,1H3. The summed E-state index contributed by atoms with van der Waals surface area (Å²) in [5.74, 6) is -0.335. The van der Waals surface area contributed by atoms with Gasteiger partial charge in [-0.3, -0.25) is 4.90 Å². The summed E-state index contributed by atoms with van der Waals surface area (Å²) < 4.78 is 42.0. The van der Waals surface area contributed by atoms with Crippen molar-refractivity contribution < 1.29 is 12.8 Å². The third-order valence-electron chi connectivity index (χ3n) is 4.81. The number of nitrogens with one attached hydrogen (secondary N) is 1. The van der Waals surface area contributed by atoms with E-state index in [1.807, 2.05) is 17.0 Å². The third kappa shape index (κ3) is 5.08. The molecule has 0 amide bonds. The van der Waals surface area contributed by atoms with E-state index in [9.17, 15) is 12.8 Å². The topological polar surface area (TPSA) is 49.4 Å². The molecule has 146 valence electrons. The first-order valence-corrected chi connectivity index (χ1v) is 11.0. The summed E-state index contributed by atoms with van der Waals surface area (Å²) in [4.78, 5) is 2.29. The molecule has 2 aromatic rings. The number of rotatable bonds is 7. The fraction of sp³-hybridized carbons (Fsp3) is 0.400. The molecule has 1 fully saturated rings. The van der Waals surface area contributed by atoms with Crippen LogP contribution in [0.5, 0.6) is 0 Å². The van der Waals surface area contributed by atoms with Crippen LogP contribution in [0.3, 0.4) is 0 Å². The van der Waals surface area contributed by atoms with Gasteiger partial charge in [0.05, 0.1) is 4.90 Å². The summed E-state index contributed by atoms with van der Waals surface area (Å²) in [5.41, 5.74) is 1.58. The Morgan fingerprint density at radius 1 is 1.22 bits per heavy atom. The lowest BCUT2D eigenvalue weighted by Crippen LogP contribution is -2.37. The van der Waals surface area contributed by atoms with Crippen LogP contribution >= 0.6 is 11.6 Å². The minimum absolute atomic E-state index is 0.198. The molecule has 0 aromatic heterocycles. The maximum Gasteiger partial charge on any atom is 0.240 e. The van der Waals surface area contributed by atoms with E-state index in [1.165, 1.54) is 6.07 Å². The van der Waals surface area contributed by atoms with Gasteiger partial charge in [-0.1, -0.05) is 43.1 Å². The number of hydrogen-bond donors (Lipinski definition) is 1. The molecule has 0 aliphatic carbocycles. The second-order valence-corrected chi connectivity index (χ2v) is 9.06. The average molecular weight is 411 g/mol. The Balaban J connectivity index is 1.61. The molecule has 1 aliphatic rings. The molecule has 0 saturated carbocycles. The van der Waals surface area contributed by atoms with Gasteiger partial charge in [-0.15, -0.1) is 0 Å². The van der Waals surface area contributed by atoms with Crippen LogP contribution < -0.4 is 4.72 Å². The normalized spacial score (nSPS) is 18.1. The number of likely N-dealkylation sites (tertiary alicyclic amines) is 1. The maximum absolute atomic E-state index is 14.0. The van der Waals surface area contributed by atoms with Crippen LogP contribution in [0.15, 0.2) is 47.4 Å². The van der Waals surface area contributed by atoms with Crippen molar-refractivity contribution in [3.05, 3.63) is 64.4 Å². The molecule has 3 rings (SSSR count). The van der Waals surface area contributed by atoms with Gasteiger partial charge in [-0.05, 0) is 42.7 Å². The van der Waals surface area contributed by atoms with Gasteiger partial charge in [0.15, 0.2) is 0 Å². The Bertz CT molecular complexity index is 867. The largest absolute Gasteiger partial charge is 0.297 e. The second-order valence-electron chi connectivity index (χ2n) is 6.94. The van der Waals surface area contributed by atoms with E-state index in [-0.39, 0.29) is 16.8 Å². The van der Waals surface area contributed by atoms with E-state index in [2.05, 4.69) is 11.6 Å². The first-order chi connectivity index (χ1) is 12.9. The van der Waals surface area contributed by atoms with Crippen LogP contribution in [0.25, 0.3) is 0 Å². The molecular weight excluding hydrogens is 387 g/mol. The zero-order valence-corrected chi connectivity index (χ0v) is 16.9. The van der Waals surface area contributed by atoms with E-state index in [1.54, 1.807) is 24.3 Å². The second kappa shape index (κ2) is 8.69. The zero-order valence-electron chi connectivity index (χ0n) is 15.3. The van der Waals surface area contributed by atoms with Crippen LogP contribution in [0.4, 0.5) is 4.39 Å². The highest BCUT2D eigenvalue weighted by Crippen LogP contribution is 2.23. The van der Waals surface area contributed by atoms with Crippen LogP contribution in [0.2, 0.25) is 5.02 Å². The molecule has 1 N–H and O–H groups in total. The average Bonchev–Trinajstić information content (AvgIpc) is 3.05. The zero-order chi connectivity index (χ0) is 19.4. The Kier molecular flexibility index (Phi) is 6.52. The molecule has 2 aromatic carbocycles. The predicted molar refractivity (Wildman–Crippen MR) is 106 cm³/mol. The highest BCUT2D eigenvalue weighted by Gasteiger charge is 2.28. The number of aryl methyl sites for hydroxylation is 1. The van der Waals surface area contributed by atoms with Gasteiger partial charge in [-0.25, -0.2) is 17.5 Å². The van der Waals surface area contributed by atoms with Gasteiger partial charge in [0.2, 0.25) is 10.0 Å². The Hall–Kier alpha value is -1.47. The van der Waals surface area contributed by atoms with Crippen molar-refractivity contribution in [1.82, 2.24) is 9.62 Å². The molecule has 27 heavy (non-hydrogen) atoms. The molecule has 4 nitrogen and oxygen atoms in total. The van der Waals surface area contributed by atoms with Gasteiger partial charge in [0, 0.05) is 36.3 Å². The molecule has 1 aliphatic heterocycles. The van der Waals surface area contributed by atoms with E-state index < -0.39 is 10.0 Å². The predicted octanol–water partition coefficient (Wildman–Crippen LogP) is 3.98. The van der Waals surface area contributed by atoms with Gasteiger partial charge >= 0.3 is 0 Å². The van der Waals surface area contributed by atoms with Gasteiger partial charge < -0.3 is 0 Å². The molecule has 0 radical (unpaired) electrons. The molecule has 1 atom stereocenters. The van der Waals surface area contributed by atoms with Crippen molar-refractivity contribution in [3.63, 3.8) is 0 Å². The molecule has 7 heteroatoms. The third-order valence-corrected chi connectivity index (χ3v) is 6.70. The van der Waals surface area contributed by atoms with Gasteiger partial charge in [-0.2, -0.15) is 0 Å². The molecule has 0 spiro atoms. The Morgan fingerprint density at radius 3 is 2.63 bits per heavy atom. The summed E-state index contributed by atoms with van der Waals surface area (Å²) in [5, 5.41) is 0.395. The number of benzene rings is 2. The lowest BCUT2D eigenvalue weighted by Gasteiger charge is -2.18. The molecule has 1 unspecified atom stereocenters. The molecular formula is C20H24ClFN2O2S. The van der Waals surface area contributed by atoms with Crippen LogP contribution in [0.1, 0.15) is 30.9 Å². The highest BCUT2D eigenvalue weighted by atomic mass is 35.5. The molecule has 1 saturated heterocycles. The minimum Gasteiger partial charge on any atom is -0.297 e. The smallest absolute Gasteiger partial charge is 0.240 e. The van der Waals surface area contributed by atoms with E-state index in [0.717, 1.165) is 18.4 Å². The van der Waals surface area contributed by atoms with Crippen molar-refractivity contribution in [1.29, 1.82) is 0 Å². The van der Waals surface area contributed by atoms with Crippen molar-refractivity contribution in [2.24, 2.45) is 0 Å². The summed E-state index contributed by atoms with van der Waals surface area (Å²) >= 11 is 6.09. The number of sulfonamides is 1. The minimum atomic E-state index is -3.56. The number of hydrogen-bond acceptors (Lipinski definition) is 3. The van der Waals surface area contributed by atoms with E-state index in [0.29, 0.717) is 36.6 Å². The van der Waals surface area contributed by atoms with Crippen molar-refractivity contribution in [3.8, 4) is 0 Å². The van der Waals surface area contributed by atoms with Crippen LogP contribution in [-0.4, -0.2) is 32.4 Å².